The molecular weight excluding hydrogens is 293 g/mol. The molecule has 0 saturated carbocycles. The third kappa shape index (κ3) is 4.40. The molecule has 116 valence electrons. The highest BCUT2D eigenvalue weighted by Gasteiger charge is 2.20. The fourth-order valence-electron chi connectivity index (χ4n) is 2.40. The molecule has 0 spiro atoms. The van der Waals surface area contributed by atoms with Gasteiger partial charge >= 0.3 is 0 Å². The van der Waals surface area contributed by atoms with Crippen molar-refractivity contribution in [3.8, 4) is 0 Å². The van der Waals surface area contributed by atoms with E-state index in [1.807, 2.05) is 0 Å². The van der Waals surface area contributed by atoms with E-state index in [0.717, 1.165) is 26.2 Å². The number of nitrogens with zero attached hydrogens (tertiary/aromatic N) is 2. The Labute approximate surface area is 129 Å². The van der Waals surface area contributed by atoms with Gasteiger partial charge in [-0.2, -0.15) is 0 Å². The van der Waals surface area contributed by atoms with E-state index in [2.05, 4.69) is 29.1 Å². The quantitative estimate of drug-likeness (QED) is 0.921. The van der Waals surface area contributed by atoms with Crippen LogP contribution in [0.5, 0.6) is 0 Å². The zero-order chi connectivity index (χ0) is 15.4. The number of piperazine rings is 1. The highest BCUT2D eigenvalue weighted by molar-refractivity contribution is 6.30. The fraction of sp³-hybridized carbons (Fsp3) is 0.533. The van der Waals surface area contributed by atoms with Gasteiger partial charge in [-0.3, -0.25) is 9.69 Å². The summed E-state index contributed by atoms with van der Waals surface area (Å²) < 4.78 is 13.6. The van der Waals surface area contributed by atoms with Crippen molar-refractivity contribution in [3.05, 3.63) is 34.6 Å². The van der Waals surface area contributed by atoms with Crippen molar-refractivity contribution < 1.29 is 9.18 Å². The number of likely N-dealkylation sites (N-methyl/N-ethyl adjacent to an activating group) is 1. The van der Waals surface area contributed by atoms with Crippen molar-refractivity contribution in [1.82, 2.24) is 15.1 Å². The Kier molecular flexibility index (Phi) is 5.56. The van der Waals surface area contributed by atoms with E-state index >= 15 is 0 Å². The number of nitrogens with one attached hydrogen (secondary N) is 1. The Morgan fingerprint density at radius 2 is 2.05 bits per heavy atom. The molecule has 0 aliphatic carbocycles. The average Bonchev–Trinajstić information content (AvgIpc) is 2.47. The van der Waals surface area contributed by atoms with Crippen LogP contribution in [0.25, 0.3) is 0 Å². The van der Waals surface area contributed by atoms with Gasteiger partial charge in [-0.25, -0.2) is 4.39 Å². The fourth-order valence-corrected chi connectivity index (χ4v) is 2.57. The van der Waals surface area contributed by atoms with Gasteiger partial charge in [0.1, 0.15) is 5.82 Å². The van der Waals surface area contributed by atoms with Crippen LogP contribution in [-0.4, -0.2) is 61.5 Å². The summed E-state index contributed by atoms with van der Waals surface area (Å²) in [6.07, 6.45) is 0. The van der Waals surface area contributed by atoms with Gasteiger partial charge in [-0.05, 0) is 32.2 Å². The molecule has 1 fully saturated rings. The molecule has 21 heavy (non-hydrogen) atoms. The second kappa shape index (κ2) is 7.20. The molecule has 6 heteroatoms. The minimum absolute atomic E-state index is 0.00641. The van der Waals surface area contributed by atoms with Gasteiger partial charge in [0.15, 0.2) is 0 Å². The molecule has 1 amide bonds. The monoisotopic (exact) mass is 313 g/mol. The van der Waals surface area contributed by atoms with Crippen molar-refractivity contribution >= 4 is 17.5 Å². The molecule has 0 radical (unpaired) electrons. The topological polar surface area (TPSA) is 35.6 Å². The zero-order valence-electron chi connectivity index (χ0n) is 12.4. The maximum atomic E-state index is 13.6. The second-order valence-electron chi connectivity index (χ2n) is 5.52. The Morgan fingerprint density at radius 1 is 1.38 bits per heavy atom. The molecule has 1 unspecified atom stereocenters. The van der Waals surface area contributed by atoms with Crippen molar-refractivity contribution in [1.29, 1.82) is 0 Å². The predicted molar refractivity (Wildman–Crippen MR) is 82.3 cm³/mol. The van der Waals surface area contributed by atoms with Crippen molar-refractivity contribution in [2.45, 2.75) is 13.0 Å². The summed E-state index contributed by atoms with van der Waals surface area (Å²) >= 11 is 5.80. The first-order valence-corrected chi connectivity index (χ1v) is 7.51. The van der Waals surface area contributed by atoms with Gasteiger partial charge < -0.3 is 10.2 Å². The van der Waals surface area contributed by atoms with E-state index in [1.54, 1.807) is 0 Å². The number of carbonyl (C=O) groups is 1. The van der Waals surface area contributed by atoms with Crippen LogP contribution < -0.4 is 5.32 Å². The van der Waals surface area contributed by atoms with Gasteiger partial charge in [0, 0.05) is 43.8 Å². The number of rotatable bonds is 4. The largest absolute Gasteiger partial charge is 0.350 e. The van der Waals surface area contributed by atoms with Crippen LogP contribution in [-0.2, 0) is 0 Å². The van der Waals surface area contributed by atoms with Crippen LogP contribution in [0.1, 0.15) is 17.3 Å². The summed E-state index contributed by atoms with van der Waals surface area (Å²) in [5, 5.41) is 3.14. The summed E-state index contributed by atoms with van der Waals surface area (Å²) in [4.78, 5) is 16.6. The van der Waals surface area contributed by atoms with Crippen molar-refractivity contribution in [3.63, 3.8) is 0 Å². The first kappa shape index (κ1) is 16.2. The summed E-state index contributed by atoms with van der Waals surface area (Å²) in [7, 11) is 2.10. The Morgan fingerprint density at radius 3 is 2.71 bits per heavy atom. The third-order valence-corrected chi connectivity index (χ3v) is 4.13. The van der Waals surface area contributed by atoms with E-state index < -0.39 is 11.7 Å². The van der Waals surface area contributed by atoms with Crippen LogP contribution in [0.15, 0.2) is 18.2 Å². The number of hydrogen-bond acceptors (Lipinski definition) is 3. The van der Waals surface area contributed by atoms with E-state index in [1.165, 1.54) is 18.2 Å². The van der Waals surface area contributed by atoms with Crippen LogP contribution >= 0.6 is 11.6 Å². The van der Waals surface area contributed by atoms with E-state index in [4.69, 9.17) is 11.6 Å². The van der Waals surface area contributed by atoms with Gasteiger partial charge in [0.05, 0.1) is 5.56 Å². The molecular formula is C15H21ClFN3O. The molecule has 1 atom stereocenters. The lowest BCUT2D eigenvalue weighted by Gasteiger charge is -2.36. The van der Waals surface area contributed by atoms with Crippen molar-refractivity contribution in [2.24, 2.45) is 0 Å². The Bertz CT molecular complexity index is 504. The van der Waals surface area contributed by atoms with Crippen LogP contribution in [0.4, 0.5) is 4.39 Å². The van der Waals surface area contributed by atoms with Gasteiger partial charge in [-0.15, -0.1) is 0 Å². The smallest absolute Gasteiger partial charge is 0.254 e. The molecule has 4 nitrogen and oxygen atoms in total. The first-order valence-electron chi connectivity index (χ1n) is 7.13. The SMILES string of the molecule is CC(CNC(=O)c1cc(Cl)ccc1F)N1CCN(C)CC1. The highest BCUT2D eigenvalue weighted by atomic mass is 35.5. The maximum Gasteiger partial charge on any atom is 0.254 e. The molecule has 1 heterocycles. The number of carbonyl (C=O) groups excluding carboxylic acids is 1. The standard InChI is InChI=1S/C15H21ClFN3O/c1-11(20-7-5-19(2)6-8-20)10-18-15(21)13-9-12(16)3-4-14(13)17/h3-4,9,11H,5-8,10H2,1-2H3,(H,18,21). The van der Waals surface area contributed by atoms with E-state index in [-0.39, 0.29) is 11.6 Å². The summed E-state index contributed by atoms with van der Waals surface area (Å²) in [5.41, 5.74) is -0.00641. The average molecular weight is 314 g/mol. The molecule has 1 aromatic rings. The van der Waals surface area contributed by atoms with Gasteiger partial charge in [0.25, 0.3) is 5.91 Å². The van der Waals surface area contributed by atoms with Gasteiger partial charge in [-0.1, -0.05) is 11.6 Å². The minimum Gasteiger partial charge on any atom is -0.350 e. The number of hydrogen-bond donors (Lipinski definition) is 1. The molecule has 1 saturated heterocycles. The zero-order valence-corrected chi connectivity index (χ0v) is 13.2. The molecule has 0 bridgehead atoms. The number of benzene rings is 1. The van der Waals surface area contributed by atoms with Crippen LogP contribution in [0, 0.1) is 5.82 Å². The highest BCUT2D eigenvalue weighted by Crippen LogP contribution is 2.14. The van der Waals surface area contributed by atoms with Crippen LogP contribution in [0.3, 0.4) is 0 Å². The number of amides is 1. The Balaban J connectivity index is 1.87. The molecule has 2 rings (SSSR count). The maximum absolute atomic E-state index is 13.6. The molecule has 1 N–H and O–H groups in total. The summed E-state index contributed by atoms with van der Waals surface area (Å²) in [5.74, 6) is -0.972. The minimum atomic E-state index is -0.552. The predicted octanol–water partition coefficient (Wildman–Crippen LogP) is 1.84. The molecule has 1 aromatic carbocycles. The van der Waals surface area contributed by atoms with E-state index in [0.29, 0.717) is 11.6 Å². The summed E-state index contributed by atoms with van der Waals surface area (Å²) in [6.45, 7) is 6.59. The lowest BCUT2D eigenvalue weighted by Crippen LogP contribution is -2.51. The normalized spacial score (nSPS) is 18.5. The van der Waals surface area contributed by atoms with Crippen LogP contribution in [0.2, 0.25) is 5.02 Å². The van der Waals surface area contributed by atoms with Gasteiger partial charge in [0.2, 0.25) is 0 Å². The summed E-state index contributed by atoms with van der Waals surface area (Å²) in [6, 6.07) is 4.22. The Hall–Kier alpha value is -1.17. The lowest BCUT2D eigenvalue weighted by atomic mass is 10.2. The second-order valence-corrected chi connectivity index (χ2v) is 5.96. The lowest BCUT2D eigenvalue weighted by molar-refractivity contribution is 0.0900. The van der Waals surface area contributed by atoms with Crippen molar-refractivity contribution in [2.75, 3.05) is 39.8 Å². The molecule has 1 aliphatic rings. The number of halogens is 2. The molecule has 0 aromatic heterocycles. The van der Waals surface area contributed by atoms with E-state index in [9.17, 15) is 9.18 Å². The molecule has 1 aliphatic heterocycles. The first-order chi connectivity index (χ1) is 9.97. The third-order valence-electron chi connectivity index (χ3n) is 3.89.